The lowest BCUT2D eigenvalue weighted by atomic mass is 9.93. The Morgan fingerprint density at radius 1 is 1.12 bits per heavy atom. The molecule has 0 aliphatic rings. The normalized spacial score (nSPS) is 11.9. The molecule has 0 aliphatic heterocycles. The Morgan fingerprint density at radius 3 is 2.25 bits per heavy atom. The predicted octanol–water partition coefficient (Wildman–Crippen LogP) is 3.81. The minimum atomic E-state index is -0.824. The average molecular weight is 331 g/mol. The molecule has 0 saturated carbocycles. The molecule has 0 radical (unpaired) electrons. The number of aromatic nitrogens is 1. The van der Waals surface area contributed by atoms with Gasteiger partial charge in [0.15, 0.2) is 5.82 Å². The lowest BCUT2D eigenvalue weighted by molar-refractivity contribution is -0.119. The number of nitrogens with zero attached hydrogens (tertiary/aromatic N) is 1. The van der Waals surface area contributed by atoms with Crippen LogP contribution in [-0.2, 0) is 10.2 Å². The van der Waals surface area contributed by atoms with Crippen LogP contribution in [0.5, 0.6) is 5.75 Å². The van der Waals surface area contributed by atoms with Crippen molar-refractivity contribution in [2.24, 2.45) is 0 Å². The maximum atomic E-state index is 12.5. The molecule has 6 heteroatoms. The molecule has 130 valence electrons. The smallest absolute Gasteiger partial charge is 0.250 e. The van der Waals surface area contributed by atoms with Gasteiger partial charge >= 0.3 is 0 Å². The first kappa shape index (κ1) is 17.8. The molecule has 0 fully saturated rings. The largest absolute Gasteiger partial charge is 0.497 e. The SMILES string of the molecule is COc1ccc(NC(C)(C)C(=O)Nc2cc(C(C)(C)C)on2)cc1. The van der Waals surface area contributed by atoms with Crippen LogP contribution in [0.1, 0.15) is 40.4 Å². The van der Waals surface area contributed by atoms with Crippen LogP contribution in [-0.4, -0.2) is 23.7 Å². The molecule has 0 aliphatic carbocycles. The molecule has 24 heavy (non-hydrogen) atoms. The first-order chi connectivity index (χ1) is 11.1. The Morgan fingerprint density at radius 2 is 1.75 bits per heavy atom. The van der Waals surface area contributed by atoms with E-state index in [0.29, 0.717) is 5.82 Å². The van der Waals surface area contributed by atoms with Crippen LogP contribution in [0.2, 0.25) is 0 Å². The van der Waals surface area contributed by atoms with E-state index in [1.807, 2.05) is 45.0 Å². The van der Waals surface area contributed by atoms with Crippen molar-refractivity contribution in [3.05, 3.63) is 36.1 Å². The highest BCUT2D eigenvalue weighted by atomic mass is 16.5. The van der Waals surface area contributed by atoms with Gasteiger partial charge in [0.1, 0.15) is 17.0 Å². The van der Waals surface area contributed by atoms with Crippen molar-refractivity contribution >= 4 is 17.4 Å². The molecule has 2 aromatic rings. The Kier molecular flexibility index (Phi) is 4.87. The number of rotatable bonds is 5. The van der Waals surface area contributed by atoms with E-state index < -0.39 is 5.54 Å². The number of carbonyl (C=O) groups excluding carboxylic acids is 1. The number of methoxy groups -OCH3 is 1. The van der Waals surface area contributed by atoms with Gasteiger partial charge in [-0.15, -0.1) is 0 Å². The van der Waals surface area contributed by atoms with E-state index >= 15 is 0 Å². The first-order valence-electron chi connectivity index (χ1n) is 7.83. The van der Waals surface area contributed by atoms with Crippen LogP contribution < -0.4 is 15.4 Å². The molecule has 2 N–H and O–H groups in total. The van der Waals surface area contributed by atoms with Crippen LogP contribution >= 0.6 is 0 Å². The summed E-state index contributed by atoms with van der Waals surface area (Å²) in [4.78, 5) is 12.5. The van der Waals surface area contributed by atoms with E-state index in [-0.39, 0.29) is 11.3 Å². The highest BCUT2D eigenvalue weighted by Gasteiger charge is 2.29. The molecule has 0 bridgehead atoms. The van der Waals surface area contributed by atoms with Gasteiger partial charge in [-0.1, -0.05) is 25.9 Å². The van der Waals surface area contributed by atoms with E-state index in [4.69, 9.17) is 9.26 Å². The molecule has 1 aromatic carbocycles. The zero-order valence-electron chi connectivity index (χ0n) is 15.1. The molecule has 0 unspecified atom stereocenters. The zero-order valence-corrected chi connectivity index (χ0v) is 15.1. The van der Waals surface area contributed by atoms with Crippen LogP contribution in [0.3, 0.4) is 0 Å². The topological polar surface area (TPSA) is 76.4 Å². The number of nitrogens with one attached hydrogen (secondary N) is 2. The van der Waals surface area contributed by atoms with E-state index in [1.165, 1.54) is 0 Å². The number of carbonyl (C=O) groups is 1. The number of hydrogen-bond donors (Lipinski definition) is 2. The van der Waals surface area contributed by atoms with Crippen molar-refractivity contribution in [2.75, 3.05) is 17.7 Å². The monoisotopic (exact) mass is 331 g/mol. The molecule has 0 spiro atoms. The van der Waals surface area contributed by atoms with E-state index in [0.717, 1.165) is 17.2 Å². The maximum absolute atomic E-state index is 12.5. The summed E-state index contributed by atoms with van der Waals surface area (Å²) in [5.74, 6) is 1.69. The van der Waals surface area contributed by atoms with Gasteiger partial charge in [-0.2, -0.15) is 0 Å². The van der Waals surface area contributed by atoms with Crippen LogP contribution in [0.15, 0.2) is 34.9 Å². The zero-order chi connectivity index (χ0) is 18.0. The van der Waals surface area contributed by atoms with E-state index in [9.17, 15) is 4.79 Å². The first-order valence-corrected chi connectivity index (χ1v) is 7.83. The van der Waals surface area contributed by atoms with Crippen molar-refractivity contribution in [1.29, 1.82) is 0 Å². The van der Waals surface area contributed by atoms with Gasteiger partial charge in [0.2, 0.25) is 0 Å². The van der Waals surface area contributed by atoms with Crippen molar-refractivity contribution in [1.82, 2.24) is 5.16 Å². The van der Waals surface area contributed by atoms with Crippen LogP contribution in [0.4, 0.5) is 11.5 Å². The number of anilines is 2. The summed E-state index contributed by atoms with van der Waals surface area (Å²) in [5.41, 5.74) is -0.158. The summed E-state index contributed by atoms with van der Waals surface area (Å²) in [5, 5.41) is 9.90. The van der Waals surface area contributed by atoms with Crippen LogP contribution in [0.25, 0.3) is 0 Å². The maximum Gasteiger partial charge on any atom is 0.250 e. The fourth-order valence-corrected chi connectivity index (χ4v) is 2.05. The highest BCUT2D eigenvalue weighted by Crippen LogP contribution is 2.25. The number of amides is 1. The van der Waals surface area contributed by atoms with Gasteiger partial charge in [-0.3, -0.25) is 4.79 Å². The number of hydrogen-bond acceptors (Lipinski definition) is 5. The summed E-state index contributed by atoms with van der Waals surface area (Å²) >= 11 is 0. The third-order valence-corrected chi connectivity index (χ3v) is 3.61. The lowest BCUT2D eigenvalue weighted by Gasteiger charge is -2.25. The molecule has 0 saturated heterocycles. The molecule has 1 aromatic heterocycles. The van der Waals surface area contributed by atoms with E-state index in [2.05, 4.69) is 15.8 Å². The third kappa shape index (κ3) is 4.28. The second-order valence-electron chi connectivity index (χ2n) is 7.26. The number of ether oxygens (including phenoxy) is 1. The van der Waals surface area contributed by atoms with Crippen molar-refractivity contribution in [3.8, 4) is 5.75 Å². The van der Waals surface area contributed by atoms with Crippen molar-refractivity contribution in [3.63, 3.8) is 0 Å². The molecule has 1 heterocycles. The minimum Gasteiger partial charge on any atom is -0.497 e. The summed E-state index contributed by atoms with van der Waals surface area (Å²) in [6, 6.07) is 9.15. The second-order valence-corrected chi connectivity index (χ2v) is 7.26. The highest BCUT2D eigenvalue weighted by molar-refractivity contribution is 5.98. The molecular formula is C18H25N3O3. The van der Waals surface area contributed by atoms with Gasteiger partial charge in [0.25, 0.3) is 5.91 Å². The quantitative estimate of drug-likeness (QED) is 0.871. The Hall–Kier alpha value is -2.50. The summed E-state index contributed by atoms with van der Waals surface area (Å²) in [6.07, 6.45) is 0. The standard InChI is InChI=1S/C18H25N3O3/c1-17(2,3)14-11-15(21-24-14)19-16(22)18(4,5)20-12-7-9-13(23-6)10-8-12/h7-11,20H,1-6H3,(H,19,21,22). The summed E-state index contributed by atoms with van der Waals surface area (Å²) < 4.78 is 10.4. The fraction of sp³-hybridized carbons (Fsp3) is 0.444. The Balaban J connectivity index is 2.05. The molecule has 1 amide bonds. The lowest BCUT2D eigenvalue weighted by Crippen LogP contribution is -2.44. The van der Waals surface area contributed by atoms with Gasteiger partial charge in [-0.25, -0.2) is 0 Å². The van der Waals surface area contributed by atoms with Gasteiger partial charge in [0.05, 0.1) is 7.11 Å². The molecule has 2 rings (SSSR count). The summed E-state index contributed by atoms with van der Waals surface area (Å²) in [7, 11) is 1.61. The number of benzene rings is 1. The minimum absolute atomic E-state index is 0.160. The molecular weight excluding hydrogens is 306 g/mol. The third-order valence-electron chi connectivity index (χ3n) is 3.61. The second kappa shape index (κ2) is 6.55. The van der Waals surface area contributed by atoms with Gasteiger partial charge < -0.3 is 19.9 Å². The van der Waals surface area contributed by atoms with Crippen molar-refractivity contribution < 1.29 is 14.1 Å². The fourth-order valence-electron chi connectivity index (χ4n) is 2.05. The van der Waals surface area contributed by atoms with E-state index in [1.54, 1.807) is 27.0 Å². The average Bonchev–Trinajstić information content (AvgIpc) is 2.96. The predicted molar refractivity (Wildman–Crippen MR) is 94.5 cm³/mol. The Labute approximate surface area is 142 Å². The summed E-state index contributed by atoms with van der Waals surface area (Å²) in [6.45, 7) is 9.67. The Bertz CT molecular complexity index is 697. The van der Waals surface area contributed by atoms with Crippen molar-refractivity contribution in [2.45, 2.75) is 45.6 Å². The van der Waals surface area contributed by atoms with Gasteiger partial charge in [-0.05, 0) is 38.1 Å². The molecule has 0 atom stereocenters. The van der Waals surface area contributed by atoms with Gasteiger partial charge in [0, 0.05) is 17.2 Å². The van der Waals surface area contributed by atoms with Crippen LogP contribution in [0, 0.1) is 0 Å². The molecule has 6 nitrogen and oxygen atoms in total.